The predicted octanol–water partition coefficient (Wildman–Crippen LogP) is 4.09. The Morgan fingerprint density at radius 3 is 2.51 bits per heavy atom. The maximum Gasteiger partial charge on any atom is 0.274 e. The van der Waals surface area contributed by atoms with Gasteiger partial charge in [-0.15, -0.1) is 0 Å². The van der Waals surface area contributed by atoms with Crippen molar-refractivity contribution >= 4 is 11.8 Å². The summed E-state index contributed by atoms with van der Waals surface area (Å²) in [5.41, 5.74) is -1.95. The fourth-order valence-electron chi connectivity index (χ4n) is 6.12. The van der Waals surface area contributed by atoms with E-state index < -0.39 is 70.3 Å². The van der Waals surface area contributed by atoms with Crippen molar-refractivity contribution in [3.63, 3.8) is 0 Å². The minimum Gasteiger partial charge on any atom is -0.483 e. The van der Waals surface area contributed by atoms with Crippen LogP contribution in [0.5, 0.6) is 5.75 Å². The van der Waals surface area contributed by atoms with Crippen LogP contribution in [-0.2, 0) is 22.6 Å². The number of halogens is 3. The topological polar surface area (TPSA) is 99.1 Å². The van der Waals surface area contributed by atoms with Crippen LogP contribution in [0.1, 0.15) is 64.7 Å². The molecule has 3 aromatic rings. The fraction of sp³-hybridized carbons (Fsp3) is 0.387. The Morgan fingerprint density at radius 1 is 1.12 bits per heavy atom. The minimum absolute atomic E-state index is 0.0133. The Bertz CT molecular complexity index is 1620. The van der Waals surface area contributed by atoms with E-state index in [2.05, 4.69) is 5.32 Å². The highest BCUT2D eigenvalue weighted by Crippen LogP contribution is 2.45. The van der Waals surface area contributed by atoms with E-state index in [0.29, 0.717) is 25.0 Å². The van der Waals surface area contributed by atoms with Crippen LogP contribution < -0.4 is 15.5 Å². The van der Waals surface area contributed by atoms with Crippen LogP contribution >= 0.6 is 0 Å². The second-order valence-corrected chi connectivity index (χ2v) is 11.2. The van der Waals surface area contributed by atoms with Gasteiger partial charge in [0.2, 0.25) is 5.43 Å². The molecule has 6 rings (SSSR count). The van der Waals surface area contributed by atoms with Crippen LogP contribution in [0.2, 0.25) is 0 Å². The van der Waals surface area contributed by atoms with Crippen molar-refractivity contribution in [3.8, 4) is 5.75 Å². The van der Waals surface area contributed by atoms with E-state index in [1.54, 1.807) is 40.7 Å². The second kappa shape index (κ2) is 11.2. The van der Waals surface area contributed by atoms with E-state index >= 15 is 0 Å². The van der Waals surface area contributed by atoms with E-state index in [1.165, 1.54) is 6.20 Å². The Hall–Kier alpha value is -4.16. The van der Waals surface area contributed by atoms with Gasteiger partial charge in [0.25, 0.3) is 11.8 Å². The van der Waals surface area contributed by atoms with Gasteiger partial charge in [-0.3, -0.25) is 14.4 Å². The number of carbonyl (C=O) groups is 2. The molecule has 12 heteroatoms. The number of nitrogens with zero attached hydrogens (tertiary/aromatic N) is 2. The number of aromatic nitrogens is 1. The van der Waals surface area contributed by atoms with Crippen LogP contribution in [0.3, 0.4) is 0 Å². The molecule has 2 saturated heterocycles. The molecule has 9 nitrogen and oxygen atoms in total. The molecule has 2 aromatic carbocycles. The summed E-state index contributed by atoms with van der Waals surface area (Å²) in [6.45, 7) is 3.49. The molecule has 1 aromatic heterocycles. The first-order chi connectivity index (χ1) is 20.6. The Kier molecular flexibility index (Phi) is 7.51. The molecule has 0 unspecified atom stereocenters. The molecule has 43 heavy (non-hydrogen) atoms. The largest absolute Gasteiger partial charge is 0.483 e. The average molecular weight is 598 g/mol. The van der Waals surface area contributed by atoms with Crippen molar-refractivity contribution in [3.05, 3.63) is 98.7 Å². The maximum atomic E-state index is 14.3. The molecule has 4 heterocycles. The molecule has 0 saturated carbocycles. The normalized spacial score (nSPS) is 24.5. The zero-order chi connectivity index (χ0) is 30.5. The third-order valence-corrected chi connectivity index (χ3v) is 8.45. The van der Waals surface area contributed by atoms with Crippen LogP contribution in [0, 0.1) is 17.5 Å². The summed E-state index contributed by atoms with van der Waals surface area (Å²) in [6, 6.07) is 9.31. The Morgan fingerprint density at radius 2 is 1.84 bits per heavy atom. The lowest BCUT2D eigenvalue weighted by Gasteiger charge is -2.42. The summed E-state index contributed by atoms with van der Waals surface area (Å²) >= 11 is 0. The molecule has 4 atom stereocenters. The fourth-order valence-corrected chi connectivity index (χ4v) is 6.12. The van der Waals surface area contributed by atoms with Crippen molar-refractivity contribution in [2.75, 3.05) is 13.2 Å². The van der Waals surface area contributed by atoms with Crippen molar-refractivity contribution < 1.29 is 37.0 Å². The molecule has 3 aliphatic rings. The Labute approximate surface area is 245 Å². The molecule has 0 aliphatic carbocycles. The van der Waals surface area contributed by atoms with Crippen molar-refractivity contribution in [1.82, 2.24) is 14.8 Å². The third kappa shape index (κ3) is 5.18. The van der Waals surface area contributed by atoms with Gasteiger partial charge in [0.1, 0.15) is 35.2 Å². The molecule has 1 spiro atoms. The molecular weight excluding hydrogens is 567 g/mol. The molecule has 3 aliphatic heterocycles. The standard InChI is InChI=1S/C31H30F3N3O6/c1-17-8-9-31(16-42-18(2)43-31)25-14-36(17)30(40)26-28(41-15-19-6-4-3-5-7-19)27(38)22(13-37(25)26)29(39)35-12-21-23(33)10-20(32)11-24(21)34/h3-7,10-11,13,17-18,25H,8-9,12,14-16H2,1-2H3,(H,35,39)/t17-,18+,25+,31-/m0/s1. The van der Waals surface area contributed by atoms with Gasteiger partial charge in [-0.2, -0.15) is 0 Å². The number of pyridine rings is 1. The van der Waals surface area contributed by atoms with Crippen molar-refractivity contribution in [2.24, 2.45) is 0 Å². The van der Waals surface area contributed by atoms with Crippen LogP contribution in [-0.4, -0.2) is 52.4 Å². The highest BCUT2D eigenvalue weighted by atomic mass is 19.1. The number of nitrogens with one attached hydrogen (secondary N) is 1. The lowest BCUT2D eigenvalue weighted by atomic mass is 9.89. The molecule has 226 valence electrons. The quantitative estimate of drug-likeness (QED) is 0.460. The highest BCUT2D eigenvalue weighted by molar-refractivity contribution is 5.99. The smallest absolute Gasteiger partial charge is 0.274 e. The average Bonchev–Trinajstić information content (AvgIpc) is 3.30. The summed E-state index contributed by atoms with van der Waals surface area (Å²) in [5, 5.41) is 2.36. The lowest BCUT2D eigenvalue weighted by Crippen LogP contribution is -2.53. The molecule has 2 amide bonds. The number of ether oxygens (including phenoxy) is 3. The van der Waals surface area contributed by atoms with Gasteiger partial charge < -0.3 is 29.0 Å². The zero-order valence-corrected chi connectivity index (χ0v) is 23.6. The van der Waals surface area contributed by atoms with E-state index in [0.717, 1.165) is 5.56 Å². The lowest BCUT2D eigenvalue weighted by molar-refractivity contribution is -0.0988. The zero-order valence-electron chi connectivity index (χ0n) is 23.6. The Balaban J connectivity index is 1.45. The predicted molar refractivity (Wildman–Crippen MR) is 147 cm³/mol. The van der Waals surface area contributed by atoms with E-state index in [4.69, 9.17) is 14.2 Å². The summed E-state index contributed by atoms with van der Waals surface area (Å²) in [6.07, 6.45) is 1.96. The summed E-state index contributed by atoms with van der Waals surface area (Å²) in [7, 11) is 0. The summed E-state index contributed by atoms with van der Waals surface area (Å²) in [5.74, 6) is -5.15. The molecule has 1 N–H and O–H groups in total. The first-order valence-electron chi connectivity index (χ1n) is 14.1. The molecule has 0 radical (unpaired) electrons. The number of benzene rings is 2. The summed E-state index contributed by atoms with van der Waals surface area (Å²) < 4.78 is 61.6. The first-order valence-corrected chi connectivity index (χ1v) is 14.1. The second-order valence-electron chi connectivity index (χ2n) is 11.2. The third-order valence-electron chi connectivity index (χ3n) is 8.45. The van der Waals surface area contributed by atoms with Crippen molar-refractivity contribution in [1.29, 1.82) is 0 Å². The van der Waals surface area contributed by atoms with Crippen LogP contribution in [0.4, 0.5) is 13.2 Å². The molecule has 2 fully saturated rings. The molecule has 2 bridgehead atoms. The monoisotopic (exact) mass is 597 g/mol. The maximum absolute atomic E-state index is 14.3. The van der Waals surface area contributed by atoms with Crippen LogP contribution in [0.15, 0.2) is 53.5 Å². The minimum atomic E-state index is -1.18. The number of hydrogen-bond acceptors (Lipinski definition) is 6. The van der Waals surface area contributed by atoms with Crippen LogP contribution in [0.25, 0.3) is 0 Å². The van der Waals surface area contributed by atoms with Gasteiger partial charge in [0, 0.05) is 43.0 Å². The highest BCUT2D eigenvalue weighted by Gasteiger charge is 2.54. The number of hydrogen-bond donors (Lipinski definition) is 1. The van der Waals surface area contributed by atoms with Gasteiger partial charge >= 0.3 is 0 Å². The number of carbonyl (C=O) groups excluding carboxylic acids is 2. The van der Waals surface area contributed by atoms with E-state index in [9.17, 15) is 27.6 Å². The van der Waals surface area contributed by atoms with Gasteiger partial charge in [-0.05, 0) is 32.3 Å². The van der Waals surface area contributed by atoms with Gasteiger partial charge in [-0.25, -0.2) is 13.2 Å². The number of amides is 2. The van der Waals surface area contributed by atoms with E-state index in [1.807, 2.05) is 13.0 Å². The number of rotatable bonds is 6. The molecular formula is C31H30F3N3O6. The first kappa shape index (κ1) is 28.9. The summed E-state index contributed by atoms with van der Waals surface area (Å²) in [4.78, 5) is 42.9. The number of fused-ring (bicyclic) bond motifs is 5. The van der Waals surface area contributed by atoms with Gasteiger partial charge in [0.05, 0.1) is 12.6 Å². The SMILES string of the molecule is C[C@@H]1OC[C@]2(CC[C@H](C)N3C[C@H]2n2cc(C(=O)NCc4c(F)cc(F)cc4F)c(=O)c(OCc4ccccc4)c2C3=O)O1. The van der Waals surface area contributed by atoms with Crippen molar-refractivity contribution in [2.45, 2.75) is 63.8 Å². The van der Waals surface area contributed by atoms with Gasteiger partial charge in [0.15, 0.2) is 17.7 Å². The van der Waals surface area contributed by atoms with E-state index in [-0.39, 0.29) is 37.2 Å². The van der Waals surface area contributed by atoms with Gasteiger partial charge in [-0.1, -0.05) is 30.3 Å².